The number of carbonyl (C=O) groups is 2. The van der Waals surface area contributed by atoms with Gasteiger partial charge in [0.05, 0.1) is 0 Å². The Labute approximate surface area is 166 Å². The topological polar surface area (TPSA) is 82.9 Å². The number of fused-ring (bicyclic) bond motifs is 2. The van der Waals surface area contributed by atoms with E-state index in [0.29, 0.717) is 24.7 Å². The zero-order chi connectivity index (χ0) is 19.3. The van der Waals surface area contributed by atoms with E-state index in [4.69, 9.17) is 0 Å². The lowest BCUT2D eigenvalue weighted by molar-refractivity contribution is -0.122. The van der Waals surface area contributed by atoms with Crippen LogP contribution in [0.3, 0.4) is 0 Å². The smallest absolute Gasteiger partial charge is 0.240 e. The number of hydrogen-bond acceptors (Lipinski definition) is 4. The minimum atomic E-state index is -0.00809. The molecule has 0 aromatic carbocycles. The van der Waals surface area contributed by atoms with E-state index in [2.05, 4.69) is 45.4 Å². The summed E-state index contributed by atoms with van der Waals surface area (Å²) in [5.74, 6) is 2.38. The van der Waals surface area contributed by atoms with Gasteiger partial charge in [-0.2, -0.15) is 10.2 Å². The van der Waals surface area contributed by atoms with E-state index < -0.39 is 0 Å². The number of carbonyl (C=O) groups excluding carboxylic acids is 2. The highest BCUT2D eigenvalue weighted by atomic mass is 16.2. The van der Waals surface area contributed by atoms with Gasteiger partial charge in [0.1, 0.15) is 0 Å². The number of rotatable bonds is 9. The van der Waals surface area contributed by atoms with E-state index in [1.807, 2.05) is 0 Å². The standard InChI is InChI=1S/C22H30N4O2/c27-21(25-23-19-13-15-7-5-9-17(15)19)11-3-1-2-4-12-22(28)26-24-20-14-16-8-6-10-18(16)20/h5-6,9-10,15-18H,1-4,7-8,11-14H2,(H,25,27)(H,26,28)/b23-19+,24-20+. The Bertz CT molecular complexity index is 675. The largest absolute Gasteiger partial charge is 0.273 e. The zero-order valence-corrected chi connectivity index (χ0v) is 16.4. The first-order valence-corrected chi connectivity index (χ1v) is 10.7. The molecule has 4 aliphatic rings. The van der Waals surface area contributed by atoms with Gasteiger partial charge in [-0.05, 0) is 50.4 Å². The molecule has 150 valence electrons. The molecule has 2 saturated carbocycles. The van der Waals surface area contributed by atoms with Gasteiger partial charge < -0.3 is 0 Å². The number of allylic oxidation sites excluding steroid dienone is 4. The van der Waals surface area contributed by atoms with Crippen LogP contribution in [0.2, 0.25) is 0 Å². The van der Waals surface area contributed by atoms with Crippen molar-refractivity contribution in [1.29, 1.82) is 0 Å². The molecule has 2 fully saturated rings. The fourth-order valence-electron chi connectivity index (χ4n) is 4.63. The third-order valence-electron chi connectivity index (χ3n) is 6.50. The van der Waals surface area contributed by atoms with Gasteiger partial charge in [0.2, 0.25) is 11.8 Å². The molecule has 0 radical (unpaired) electrons. The molecule has 4 unspecified atom stereocenters. The van der Waals surface area contributed by atoms with Gasteiger partial charge >= 0.3 is 0 Å². The van der Waals surface area contributed by atoms with Crippen LogP contribution in [0.5, 0.6) is 0 Å². The van der Waals surface area contributed by atoms with E-state index in [1.165, 1.54) is 0 Å². The lowest BCUT2D eigenvalue weighted by Crippen LogP contribution is -2.35. The Morgan fingerprint density at radius 1 is 0.786 bits per heavy atom. The summed E-state index contributed by atoms with van der Waals surface area (Å²) in [6.45, 7) is 0. The predicted octanol–water partition coefficient (Wildman–Crippen LogP) is 3.46. The number of amides is 2. The number of hydrazone groups is 2. The number of hydrogen-bond donors (Lipinski definition) is 2. The average Bonchev–Trinajstić information content (AvgIpc) is 3.21. The number of nitrogens with one attached hydrogen (secondary N) is 2. The van der Waals surface area contributed by atoms with Gasteiger partial charge in [0, 0.05) is 36.1 Å². The average molecular weight is 383 g/mol. The minimum absolute atomic E-state index is 0.00809. The lowest BCUT2D eigenvalue weighted by atomic mass is 9.74. The Balaban J connectivity index is 1.01. The Morgan fingerprint density at radius 2 is 1.25 bits per heavy atom. The van der Waals surface area contributed by atoms with Crippen LogP contribution in [-0.4, -0.2) is 23.2 Å². The van der Waals surface area contributed by atoms with Crippen LogP contribution in [0, 0.1) is 23.7 Å². The first-order valence-electron chi connectivity index (χ1n) is 10.7. The third kappa shape index (κ3) is 4.42. The van der Waals surface area contributed by atoms with Gasteiger partial charge in [-0.3, -0.25) is 9.59 Å². The molecular formula is C22H30N4O2. The summed E-state index contributed by atoms with van der Waals surface area (Å²) in [5.41, 5.74) is 7.61. The van der Waals surface area contributed by atoms with Crippen LogP contribution in [0.1, 0.15) is 64.2 Å². The Hall–Kier alpha value is -2.24. The van der Waals surface area contributed by atoms with Crippen LogP contribution in [-0.2, 0) is 9.59 Å². The second kappa shape index (κ2) is 8.84. The third-order valence-corrected chi connectivity index (χ3v) is 6.50. The molecule has 0 spiro atoms. The van der Waals surface area contributed by atoms with E-state index in [9.17, 15) is 9.59 Å². The zero-order valence-electron chi connectivity index (χ0n) is 16.4. The highest BCUT2D eigenvalue weighted by Crippen LogP contribution is 2.40. The summed E-state index contributed by atoms with van der Waals surface area (Å²) < 4.78 is 0. The maximum absolute atomic E-state index is 11.9. The van der Waals surface area contributed by atoms with Crippen LogP contribution >= 0.6 is 0 Å². The Kier molecular flexibility index (Phi) is 6.03. The summed E-state index contributed by atoms with van der Waals surface area (Å²) in [4.78, 5) is 23.7. The second-order valence-corrected chi connectivity index (χ2v) is 8.50. The molecule has 2 amide bonds. The van der Waals surface area contributed by atoms with Crippen molar-refractivity contribution < 1.29 is 9.59 Å². The van der Waals surface area contributed by atoms with Crippen molar-refractivity contribution in [1.82, 2.24) is 10.9 Å². The van der Waals surface area contributed by atoms with Gasteiger partial charge in [0.15, 0.2) is 0 Å². The Morgan fingerprint density at radius 3 is 1.68 bits per heavy atom. The van der Waals surface area contributed by atoms with Crippen molar-refractivity contribution in [3.8, 4) is 0 Å². The molecule has 0 aromatic heterocycles. The van der Waals surface area contributed by atoms with Gasteiger partial charge in [-0.15, -0.1) is 0 Å². The van der Waals surface area contributed by atoms with E-state index in [-0.39, 0.29) is 11.8 Å². The summed E-state index contributed by atoms with van der Waals surface area (Å²) in [6, 6.07) is 0. The lowest BCUT2D eigenvalue weighted by Gasteiger charge is -2.31. The molecule has 4 rings (SSSR count). The van der Waals surface area contributed by atoms with Gasteiger partial charge in [0.25, 0.3) is 0 Å². The normalized spacial score (nSPS) is 32.0. The predicted molar refractivity (Wildman–Crippen MR) is 110 cm³/mol. The number of nitrogens with zero attached hydrogens (tertiary/aromatic N) is 2. The molecule has 6 heteroatoms. The SMILES string of the molecule is O=C(CCCCCCC(=O)N/N=C1\CC2CC=CC12)N/N=C1\CC2CC=CC12. The first-order chi connectivity index (χ1) is 13.7. The maximum atomic E-state index is 11.9. The number of unbranched alkanes of at least 4 members (excludes halogenated alkanes) is 3. The molecule has 0 aliphatic heterocycles. The molecule has 0 aromatic rings. The van der Waals surface area contributed by atoms with Gasteiger partial charge in [-0.1, -0.05) is 37.1 Å². The highest BCUT2D eigenvalue weighted by Gasteiger charge is 2.38. The van der Waals surface area contributed by atoms with Crippen molar-refractivity contribution in [2.45, 2.75) is 64.2 Å². The van der Waals surface area contributed by atoms with Crippen molar-refractivity contribution in [2.75, 3.05) is 0 Å². The second-order valence-electron chi connectivity index (χ2n) is 8.50. The molecule has 0 bridgehead atoms. The van der Waals surface area contributed by atoms with E-state index >= 15 is 0 Å². The molecule has 6 nitrogen and oxygen atoms in total. The molecule has 4 atom stereocenters. The maximum Gasteiger partial charge on any atom is 0.240 e. The van der Waals surface area contributed by atoms with Crippen molar-refractivity contribution in [2.24, 2.45) is 33.9 Å². The minimum Gasteiger partial charge on any atom is -0.273 e. The van der Waals surface area contributed by atoms with Crippen molar-refractivity contribution in [3.63, 3.8) is 0 Å². The molecule has 0 heterocycles. The molecular weight excluding hydrogens is 352 g/mol. The fraction of sp³-hybridized carbons (Fsp3) is 0.636. The van der Waals surface area contributed by atoms with Gasteiger partial charge in [-0.25, -0.2) is 10.9 Å². The quantitative estimate of drug-likeness (QED) is 0.364. The van der Waals surface area contributed by atoms with Crippen LogP contribution in [0.15, 0.2) is 34.5 Å². The summed E-state index contributed by atoms with van der Waals surface area (Å²) in [5, 5.41) is 8.55. The van der Waals surface area contributed by atoms with Crippen molar-refractivity contribution in [3.05, 3.63) is 24.3 Å². The van der Waals surface area contributed by atoms with E-state index in [1.54, 1.807) is 0 Å². The first kappa shape index (κ1) is 19.1. The summed E-state index contributed by atoms with van der Waals surface area (Å²) in [7, 11) is 0. The van der Waals surface area contributed by atoms with Crippen LogP contribution < -0.4 is 10.9 Å². The van der Waals surface area contributed by atoms with Crippen LogP contribution in [0.4, 0.5) is 0 Å². The monoisotopic (exact) mass is 382 g/mol. The summed E-state index contributed by atoms with van der Waals surface area (Å²) >= 11 is 0. The molecule has 28 heavy (non-hydrogen) atoms. The van der Waals surface area contributed by atoms with Crippen molar-refractivity contribution >= 4 is 23.2 Å². The molecule has 2 N–H and O–H groups in total. The molecule has 4 aliphatic carbocycles. The fourth-order valence-corrected chi connectivity index (χ4v) is 4.63. The highest BCUT2D eigenvalue weighted by molar-refractivity contribution is 5.96. The van der Waals surface area contributed by atoms with E-state index in [0.717, 1.165) is 74.6 Å². The summed E-state index contributed by atoms with van der Waals surface area (Å²) in [6.07, 6.45) is 17.7. The molecule has 0 saturated heterocycles. The van der Waals surface area contributed by atoms with Crippen LogP contribution in [0.25, 0.3) is 0 Å².